The maximum Gasteiger partial charge on any atom is 0.160 e. The first kappa shape index (κ1) is 38.6. The van der Waals surface area contributed by atoms with Gasteiger partial charge in [-0.25, -0.2) is 9.97 Å². The van der Waals surface area contributed by atoms with E-state index in [1.54, 1.807) is 0 Å². The Morgan fingerprint density at radius 2 is 0.783 bits per heavy atom. The second-order valence-electron chi connectivity index (χ2n) is 18.6. The third-order valence-electron chi connectivity index (χ3n) is 15.4. The summed E-state index contributed by atoms with van der Waals surface area (Å²) in [6.45, 7) is 0. The molecule has 3 aliphatic rings. The summed E-state index contributed by atoms with van der Waals surface area (Å²) in [7, 11) is 0. The van der Waals surface area contributed by atoms with Crippen LogP contribution in [0.15, 0.2) is 243 Å². The molecule has 15 rings (SSSR count). The van der Waals surface area contributed by atoms with E-state index in [1.165, 1.54) is 98.1 Å². The molecule has 0 amide bonds. The van der Waals surface area contributed by atoms with Crippen LogP contribution in [0.25, 0.3) is 87.5 Å². The number of thiophene rings is 1. The Bertz CT molecular complexity index is 3920. The lowest BCUT2D eigenvalue weighted by Crippen LogP contribution is -2.43. The van der Waals surface area contributed by atoms with Crippen molar-refractivity contribution in [2.75, 3.05) is 0 Å². The highest BCUT2D eigenvalue weighted by Gasteiger charge is 2.59. The lowest BCUT2D eigenvalue weighted by Gasteiger charge is -2.49. The summed E-state index contributed by atoms with van der Waals surface area (Å²) in [6.07, 6.45) is 0. The van der Waals surface area contributed by atoms with Crippen molar-refractivity contribution in [3.63, 3.8) is 0 Å². The van der Waals surface area contributed by atoms with Gasteiger partial charge in [-0.05, 0) is 90.0 Å². The summed E-state index contributed by atoms with van der Waals surface area (Å²) in [6, 6.07) is 89.9. The van der Waals surface area contributed by atoms with Gasteiger partial charge in [-0.3, -0.25) is 0 Å². The smallest absolute Gasteiger partial charge is 0.160 e. The molecule has 2 nitrogen and oxygen atoms in total. The quantitative estimate of drug-likeness (QED) is 0.176. The van der Waals surface area contributed by atoms with Gasteiger partial charge >= 0.3 is 0 Å². The molecule has 0 saturated carbocycles. The number of hydrogen-bond acceptors (Lipinski definition) is 3. The normalized spacial score (nSPS) is 14.0. The van der Waals surface area contributed by atoms with E-state index in [0.717, 1.165) is 28.1 Å². The van der Waals surface area contributed by atoms with Gasteiger partial charge in [0.2, 0.25) is 0 Å². The van der Waals surface area contributed by atoms with Crippen LogP contribution in [-0.4, -0.2) is 9.97 Å². The Morgan fingerprint density at radius 3 is 1.42 bits per heavy atom. The zero-order chi connectivity index (χ0) is 45.3. The van der Waals surface area contributed by atoms with Gasteiger partial charge in [0.25, 0.3) is 0 Å². The van der Waals surface area contributed by atoms with Crippen LogP contribution in [0.1, 0.15) is 44.5 Å². The van der Waals surface area contributed by atoms with E-state index in [1.807, 2.05) is 35.6 Å². The maximum absolute atomic E-state index is 5.18. The second-order valence-corrected chi connectivity index (χ2v) is 19.7. The van der Waals surface area contributed by atoms with Crippen molar-refractivity contribution in [2.45, 2.75) is 10.8 Å². The van der Waals surface area contributed by atoms with Crippen LogP contribution in [0.5, 0.6) is 0 Å². The predicted octanol–water partition coefficient (Wildman–Crippen LogP) is 16.6. The number of benzene rings is 10. The SMILES string of the molecule is c1ccc(-c2cc(-c3ccc(-c4cccc5c4-c4ccc6c(sc7ccccc76)c4C54c5ccccc5C5(c6ccccc6-c6ccccc65)c5ccccc54)cc3)nc(-c3ccccc3)n2)cc1. The number of aromatic nitrogens is 2. The van der Waals surface area contributed by atoms with Gasteiger partial charge in [0, 0.05) is 36.9 Å². The minimum Gasteiger partial charge on any atom is -0.228 e. The van der Waals surface area contributed by atoms with Crippen LogP contribution < -0.4 is 0 Å². The van der Waals surface area contributed by atoms with Crippen molar-refractivity contribution in [2.24, 2.45) is 0 Å². The number of fused-ring (bicyclic) bond motifs is 20. The molecule has 12 aromatic rings. The Hall–Kier alpha value is -8.50. The summed E-state index contributed by atoms with van der Waals surface area (Å²) in [5.41, 5.74) is 22.2. The fraction of sp³-hybridized carbons (Fsp3) is 0.0303. The van der Waals surface area contributed by atoms with E-state index in [0.29, 0.717) is 5.82 Å². The summed E-state index contributed by atoms with van der Waals surface area (Å²) >= 11 is 1.94. The molecule has 2 aromatic heterocycles. The van der Waals surface area contributed by atoms with Crippen LogP contribution >= 0.6 is 11.3 Å². The summed E-state index contributed by atoms with van der Waals surface area (Å²) in [5.74, 6) is 0.714. The highest BCUT2D eigenvalue weighted by atomic mass is 32.1. The zero-order valence-electron chi connectivity index (χ0n) is 37.4. The van der Waals surface area contributed by atoms with Gasteiger partial charge in [0.1, 0.15) is 0 Å². The van der Waals surface area contributed by atoms with Crippen LogP contribution in [-0.2, 0) is 10.8 Å². The summed E-state index contributed by atoms with van der Waals surface area (Å²) < 4.78 is 2.66. The summed E-state index contributed by atoms with van der Waals surface area (Å²) in [4.78, 5) is 10.3. The van der Waals surface area contributed by atoms with Crippen molar-refractivity contribution >= 4 is 31.5 Å². The molecule has 0 aliphatic heterocycles. The molecule has 0 radical (unpaired) electrons. The van der Waals surface area contributed by atoms with Crippen molar-refractivity contribution in [3.8, 4) is 67.3 Å². The molecular weight excluding hydrogens is 853 g/mol. The average Bonchev–Trinajstić information content (AvgIpc) is 4.06. The van der Waals surface area contributed by atoms with Gasteiger partial charge in [0.15, 0.2) is 5.82 Å². The average molecular weight is 893 g/mol. The van der Waals surface area contributed by atoms with E-state index in [2.05, 4.69) is 218 Å². The number of nitrogens with zero attached hydrogens (tertiary/aromatic N) is 2. The molecule has 69 heavy (non-hydrogen) atoms. The van der Waals surface area contributed by atoms with Gasteiger partial charge in [0.05, 0.1) is 22.2 Å². The highest BCUT2D eigenvalue weighted by Crippen LogP contribution is 2.69. The molecule has 0 saturated heterocycles. The molecule has 2 heterocycles. The lowest BCUT2D eigenvalue weighted by molar-refractivity contribution is 0.636. The van der Waals surface area contributed by atoms with Crippen LogP contribution in [0.2, 0.25) is 0 Å². The maximum atomic E-state index is 5.18. The fourth-order valence-corrected chi connectivity index (χ4v) is 14.0. The van der Waals surface area contributed by atoms with Crippen molar-refractivity contribution in [1.82, 2.24) is 9.97 Å². The lowest BCUT2D eigenvalue weighted by atomic mass is 9.52. The van der Waals surface area contributed by atoms with E-state index in [-0.39, 0.29) is 0 Å². The molecular formula is C66H40N2S. The van der Waals surface area contributed by atoms with E-state index < -0.39 is 10.8 Å². The molecule has 320 valence electrons. The van der Waals surface area contributed by atoms with Crippen LogP contribution in [0.3, 0.4) is 0 Å². The van der Waals surface area contributed by atoms with Crippen LogP contribution in [0, 0.1) is 0 Å². The first-order valence-electron chi connectivity index (χ1n) is 23.8. The first-order valence-corrected chi connectivity index (χ1v) is 24.6. The first-order chi connectivity index (χ1) is 34.2. The predicted molar refractivity (Wildman–Crippen MR) is 285 cm³/mol. The standard InChI is InChI=1S/C66H40N2S/c1-3-18-42(19-4-1)58-40-59(68-64(67-58)44-20-5-2-6-21-44)43-36-34-41(35-37-43)45-25-17-32-57-61(45)50-39-38-49-48-24-9-16-33-60(48)69-63(49)62(50)66(57)55-30-14-12-28-53(55)65(54-29-13-15-31-56(54)66)51-26-10-7-22-46(51)47-23-8-11-27-52(47)65/h1-40H. The largest absolute Gasteiger partial charge is 0.228 e. The molecule has 2 spiro atoms. The van der Waals surface area contributed by atoms with Gasteiger partial charge in [-0.15, -0.1) is 11.3 Å². The van der Waals surface area contributed by atoms with Crippen molar-refractivity contribution in [3.05, 3.63) is 287 Å². The summed E-state index contributed by atoms with van der Waals surface area (Å²) in [5, 5.41) is 2.62. The Balaban J connectivity index is 0.994. The molecule has 0 fully saturated rings. The zero-order valence-corrected chi connectivity index (χ0v) is 38.2. The molecule has 0 bridgehead atoms. The number of rotatable bonds is 4. The Morgan fingerprint density at radius 1 is 0.304 bits per heavy atom. The Kier molecular flexibility index (Phi) is 8.11. The van der Waals surface area contributed by atoms with E-state index >= 15 is 0 Å². The highest BCUT2D eigenvalue weighted by molar-refractivity contribution is 7.26. The minimum absolute atomic E-state index is 0.502. The fourth-order valence-electron chi connectivity index (χ4n) is 12.7. The monoisotopic (exact) mass is 892 g/mol. The van der Waals surface area contributed by atoms with Gasteiger partial charge in [-0.2, -0.15) is 0 Å². The third kappa shape index (κ3) is 5.15. The van der Waals surface area contributed by atoms with E-state index in [4.69, 9.17) is 9.97 Å². The molecule has 3 heteroatoms. The third-order valence-corrected chi connectivity index (χ3v) is 16.6. The molecule has 3 aliphatic carbocycles. The van der Waals surface area contributed by atoms with Crippen LogP contribution in [0.4, 0.5) is 0 Å². The topological polar surface area (TPSA) is 25.8 Å². The minimum atomic E-state index is -0.617. The van der Waals surface area contributed by atoms with Gasteiger partial charge < -0.3 is 0 Å². The molecule has 0 atom stereocenters. The Labute approximate surface area is 404 Å². The van der Waals surface area contributed by atoms with Crippen molar-refractivity contribution < 1.29 is 0 Å². The second kappa shape index (κ2) is 14.5. The van der Waals surface area contributed by atoms with E-state index in [9.17, 15) is 0 Å². The van der Waals surface area contributed by atoms with Crippen molar-refractivity contribution in [1.29, 1.82) is 0 Å². The van der Waals surface area contributed by atoms with Gasteiger partial charge in [-0.1, -0.05) is 231 Å². The molecule has 0 N–H and O–H groups in total. The molecule has 10 aromatic carbocycles. The number of hydrogen-bond donors (Lipinski definition) is 0. The molecule has 0 unspecified atom stereocenters.